The van der Waals surface area contributed by atoms with Crippen LogP contribution in [0.5, 0.6) is 5.75 Å². The molecule has 4 N–H and O–H groups in total. The number of ether oxygens (including phenoxy) is 1. The number of carbonyl (C=O) groups excluding carboxylic acids is 1. The van der Waals surface area contributed by atoms with Gasteiger partial charge in [0, 0.05) is 23.5 Å². The summed E-state index contributed by atoms with van der Waals surface area (Å²) in [6.45, 7) is 6.26. The topological polar surface area (TPSA) is 109 Å². The smallest absolute Gasteiger partial charge is 0.259 e. The first-order valence-electron chi connectivity index (χ1n) is 11.9. The van der Waals surface area contributed by atoms with Crippen LogP contribution >= 0.6 is 11.3 Å². The average molecular weight is 491 g/mol. The van der Waals surface area contributed by atoms with Gasteiger partial charge in [-0.3, -0.25) is 4.79 Å². The normalized spacial score (nSPS) is 15.1. The van der Waals surface area contributed by atoms with Crippen molar-refractivity contribution in [3.63, 3.8) is 0 Å². The van der Waals surface area contributed by atoms with Crippen molar-refractivity contribution in [2.24, 2.45) is 5.73 Å². The quantitative estimate of drug-likeness (QED) is 0.332. The van der Waals surface area contributed by atoms with E-state index in [2.05, 4.69) is 45.4 Å². The maximum absolute atomic E-state index is 12.1. The zero-order valence-electron chi connectivity index (χ0n) is 20.2. The molecule has 0 spiro atoms. The molecule has 0 unspecified atom stereocenters. The van der Waals surface area contributed by atoms with Crippen LogP contribution in [0.1, 0.15) is 47.8 Å². The van der Waals surface area contributed by atoms with Crippen LogP contribution in [0.4, 0.5) is 11.6 Å². The molecule has 3 aromatic heterocycles. The summed E-state index contributed by atoms with van der Waals surface area (Å²) in [7, 11) is 2.18. The van der Waals surface area contributed by atoms with E-state index in [0.717, 1.165) is 53.2 Å². The number of likely N-dealkylation sites (tertiary alicyclic amines) is 1. The van der Waals surface area contributed by atoms with Crippen LogP contribution in [0, 0.1) is 0 Å². The standard InChI is InChI=1S/C26H30N6O2S/c1-15(2)34-20-12-17(16-7-10-32(3)11-8-16)4-5-19(20)30-26-29-14-21-23(31-26)22(18-6-9-28-13-18)24(35-21)25(27)33/h4-6,9,12-16,28H,7-8,10-11H2,1-3H3,(H2,27,33)(H,29,30,31). The fraction of sp³-hybridized carbons (Fsp3) is 0.346. The van der Waals surface area contributed by atoms with E-state index >= 15 is 0 Å². The summed E-state index contributed by atoms with van der Waals surface area (Å²) in [4.78, 5) is 27.3. The number of nitrogens with zero attached hydrogens (tertiary/aromatic N) is 3. The van der Waals surface area contributed by atoms with E-state index in [0.29, 0.717) is 22.3 Å². The molecule has 1 amide bonds. The summed E-state index contributed by atoms with van der Waals surface area (Å²) in [5, 5.41) is 3.34. The van der Waals surface area contributed by atoms with Gasteiger partial charge in [-0.1, -0.05) is 6.07 Å². The number of carbonyl (C=O) groups is 1. The Kier molecular flexibility index (Phi) is 6.44. The van der Waals surface area contributed by atoms with Crippen molar-refractivity contribution in [1.29, 1.82) is 0 Å². The summed E-state index contributed by atoms with van der Waals surface area (Å²) >= 11 is 1.31. The van der Waals surface area contributed by atoms with Gasteiger partial charge in [0.1, 0.15) is 10.6 Å². The number of aromatic nitrogens is 3. The van der Waals surface area contributed by atoms with Crippen LogP contribution in [-0.2, 0) is 0 Å². The maximum atomic E-state index is 12.1. The van der Waals surface area contributed by atoms with Crippen molar-refractivity contribution in [1.82, 2.24) is 19.9 Å². The van der Waals surface area contributed by atoms with Gasteiger partial charge in [-0.25, -0.2) is 9.97 Å². The first-order valence-corrected chi connectivity index (χ1v) is 12.7. The largest absolute Gasteiger partial charge is 0.489 e. The lowest BCUT2D eigenvalue weighted by atomic mass is 9.89. The highest BCUT2D eigenvalue weighted by Gasteiger charge is 2.22. The van der Waals surface area contributed by atoms with Gasteiger partial charge in [0.15, 0.2) is 0 Å². The molecule has 0 aliphatic carbocycles. The maximum Gasteiger partial charge on any atom is 0.259 e. The Morgan fingerprint density at radius 3 is 2.77 bits per heavy atom. The number of hydrogen-bond donors (Lipinski definition) is 3. The van der Waals surface area contributed by atoms with Gasteiger partial charge in [-0.2, -0.15) is 0 Å². The molecule has 5 rings (SSSR count). The SMILES string of the molecule is CC(C)Oc1cc(C2CCN(C)CC2)ccc1Nc1ncc2sc(C(N)=O)c(-c3cc[nH]c3)c2n1. The number of benzene rings is 1. The van der Waals surface area contributed by atoms with Crippen molar-refractivity contribution in [2.75, 3.05) is 25.5 Å². The van der Waals surface area contributed by atoms with E-state index in [4.69, 9.17) is 15.5 Å². The number of fused-ring (bicyclic) bond motifs is 1. The van der Waals surface area contributed by atoms with E-state index in [1.165, 1.54) is 16.9 Å². The molecule has 1 aromatic carbocycles. The van der Waals surface area contributed by atoms with Crippen LogP contribution < -0.4 is 15.8 Å². The molecule has 0 bridgehead atoms. The number of amides is 1. The number of thiophene rings is 1. The second-order valence-electron chi connectivity index (χ2n) is 9.30. The second kappa shape index (κ2) is 9.67. The molecule has 1 saturated heterocycles. The molecule has 4 aromatic rings. The molecule has 1 fully saturated rings. The molecule has 9 heteroatoms. The molecule has 35 heavy (non-hydrogen) atoms. The number of primary amides is 1. The van der Waals surface area contributed by atoms with Gasteiger partial charge in [-0.05, 0) is 76.5 Å². The molecule has 4 heterocycles. The van der Waals surface area contributed by atoms with Gasteiger partial charge in [0.25, 0.3) is 5.91 Å². The molecular weight excluding hydrogens is 460 g/mol. The number of nitrogens with two attached hydrogens (primary N) is 1. The molecular formula is C26H30N6O2S. The summed E-state index contributed by atoms with van der Waals surface area (Å²) in [5.41, 5.74) is 10.1. The Balaban J connectivity index is 1.50. The number of hydrogen-bond acceptors (Lipinski definition) is 7. The zero-order chi connectivity index (χ0) is 24.5. The van der Waals surface area contributed by atoms with Gasteiger partial charge >= 0.3 is 0 Å². The number of aromatic amines is 1. The first-order chi connectivity index (χ1) is 16.9. The van der Waals surface area contributed by atoms with E-state index in [1.807, 2.05) is 32.3 Å². The Morgan fingerprint density at radius 1 is 1.29 bits per heavy atom. The molecule has 0 saturated carbocycles. The van der Waals surface area contributed by atoms with Crippen molar-refractivity contribution >= 4 is 39.1 Å². The van der Waals surface area contributed by atoms with E-state index in [1.54, 1.807) is 6.20 Å². The Bertz CT molecular complexity index is 1340. The third kappa shape index (κ3) is 4.87. The molecule has 1 aliphatic rings. The minimum Gasteiger partial charge on any atom is -0.489 e. The van der Waals surface area contributed by atoms with E-state index in [9.17, 15) is 4.79 Å². The van der Waals surface area contributed by atoms with Crippen LogP contribution in [-0.4, -0.2) is 52.0 Å². The predicted octanol–water partition coefficient (Wildman–Crippen LogP) is 5.13. The fourth-order valence-electron chi connectivity index (χ4n) is 4.58. The fourth-order valence-corrected chi connectivity index (χ4v) is 5.57. The highest BCUT2D eigenvalue weighted by Crippen LogP contribution is 2.39. The zero-order valence-corrected chi connectivity index (χ0v) is 21.0. The minimum atomic E-state index is -0.476. The van der Waals surface area contributed by atoms with Crippen molar-refractivity contribution < 1.29 is 9.53 Å². The highest BCUT2D eigenvalue weighted by molar-refractivity contribution is 7.21. The van der Waals surface area contributed by atoms with Gasteiger partial charge in [-0.15, -0.1) is 11.3 Å². The van der Waals surface area contributed by atoms with Gasteiger partial charge in [0.05, 0.1) is 28.2 Å². The van der Waals surface area contributed by atoms with Crippen LogP contribution in [0.3, 0.4) is 0 Å². The lowest BCUT2D eigenvalue weighted by Crippen LogP contribution is -2.29. The summed E-state index contributed by atoms with van der Waals surface area (Å²) in [5.74, 6) is 1.28. The van der Waals surface area contributed by atoms with Gasteiger partial charge in [0.2, 0.25) is 5.95 Å². The number of piperidine rings is 1. The van der Waals surface area contributed by atoms with Crippen LogP contribution in [0.2, 0.25) is 0 Å². The Hall–Kier alpha value is -3.43. The van der Waals surface area contributed by atoms with Crippen molar-refractivity contribution in [3.05, 3.63) is 53.3 Å². The number of rotatable bonds is 7. The average Bonchev–Trinajstić information content (AvgIpc) is 3.48. The number of H-pyrrole nitrogens is 1. The summed E-state index contributed by atoms with van der Waals surface area (Å²) < 4.78 is 6.99. The third-order valence-corrected chi connectivity index (χ3v) is 7.47. The number of anilines is 2. The summed E-state index contributed by atoms with van der Waals surface area (Å²) in [6, 6.07) is 8.27. The van der Waals surface area contributed by atoms with Crippen LogP contribution in [0.25, 0.3) is 21.3 Å². The third-order valence-electron chi connectivity index (χ3n) is 6.35. The highest BCUT2D eigenvalue weighted by atomic mass is 32.1. The molecule has 182 valence electrons. The minimum absolute atomic E-state index is 0.0295. The molecule has 0 atom stereocenters. The summed E-state index contributed by atoms with van der Waals surface area (Å²) in [6.07, 6.45) is 7.69. The van der Waals surface area contributed by atoms with E-state index in [-0.39, 0.29) is 6.10 Å². The van der Waals surface area contributed by atoms with Crippen molar-refractivity contribution in [2.45, 2.75) is 38.7 Å². The van der Waals surface area contributed by atoms with E-state index < -0.39 is 5.91 Å². The lowest BCUT2D eigenvalue weighted by Gasteiger charge is -2.29. The molecule has 1 aliphatic heterocycles. The van der Waals surface area contributed by atoms with Gasteiger partial charge < -0.3 is 25.7 Å². The molecule has 0 radical (unpaired) electrons. The second-order valence-corrected chi connectivity index (χ2v) is 10.4. The Morgan fingerprint density at radius 2 is 2.09 bits per heavy atom. The monoisotopic (exact) mass is 490 g/mol. The van der Waals surface area contributed by atoms with Crippen molar-refractivity contribution in [3.8, 4) is 16.9 Å². The molecule has 8 nitrogen and oxygen atoms in total. The number of nitrogens with one attached hydrogen (secondary N) is 2. The predicted molar refractivity (Wildman–Crippen MR) is 141 cm³/mol. The Labute approximate surface area is 208 Å². The first kappa shape index (κ1) is 23.3. The van der Waals surface area contributed by atoms with Crippen LogP contribution in [0.15, 0.2) is 42.9 Å². The lowest BCUT2D eigenvalue weighted by molar-refractivity contribution is 0.100.